The van der Waals surface area contributed by atoms with Gasteiger partial charge in [-0.15, -0.1) is 0 Å². The van der Waals surface area contributed by atoms with Crippen LogP contribution in [0.4, 0.5) is 0 Å². The molecule has 0 saturated heterocycles. The molecule has 0 aromatic carbocycles. The third-order valence-electron chi connectivity index (χ3n) is 3.20. The second kappa shape index (κ2) is 12.2. The Balaban J connectivity index is 0. The number of ether oxygens (including phenoxy) is 2. The van der Waals surface area contributed by atoms with Crippen LogP contribution in [0.3, 0.4) is 0 Å². The SMILES string of the molecule is CCOCCOCC[N+](C)(CC)CCN(C)C.[Cl-]. The molecule has 4 nitrogen and oxygen atoms in total. The molecule has 0 rings (SSSR count). The Morgan fingerprint density at radius 2 is 1.56 bits per heavy atom. The Hall–Kier alpha value is 0.130. The molecule has 0 aliphatic carbocycles. The molecule has 0 radical (unpaired) electrons. The zero-order valence-electron chi connectivity index (χ0n) is 12.7. The van der Waals surface area contributed by atoms with Crippen LogP contribution in [0.15, 0.2) is 0 Å². The van der Waals surface area contributed by atoms with Crippen LogP contribution in [-0.4, -0.2) is 83.1 Å². The Bertz CT molecular complexity index is 182. The van der Waals surface area contributed by atoms with Crippen LogP contribution in [0.25, 0.3) is 0 Å². The zero-order chi connectivity index (χ0) is 13.1. The van der Waals surface area contributed by atoms with E-state index in [-0.39, 0.29) is 12.4 Å². The molecule has 1 atom stereocenters. The smallest absolute Gasteiger partial charge is 0.102 e. The van der Waals surface area contributed by atoms with Gasteiger partial charge in [0.25, 0.3) is 0 Å². The van der Waals surface area contributed by atoms with Gasteiger partial charge in [-0.1, -0.05) is 0 Å². The molecule has 0 aliphatic rings. The lowest BCUT2D eigenvalue weighted by atomic mass is 10.3. The lowest BCUT2D eigenvalue weighted by Crippen LogP contribution is -3.00. The predicted molar refractivity (Wildman–Crippen MR) is 72.3 cm³/mol. The molecule has 1 unspecified atom stereocenters. The first-order valence-electron chi connectivity index (χ1n) is 6.68. The first-order chi connectivity index (χ1) is 8.04. The van der Waals surface area contributed by atoms with E-state index in [4.69, 9.17) is 9.47 Å². The minimum Gasteiger partial charge on any atom is -1.00 e. The maximum Gasteiger partial charge on any atom is 0.102 e. The van der Waals surface area contributed by atoms with Gasteiger partial charge in [-0.05, 0) is 27.9 Å². The molecule has 18 heavy (non-hydrogen) atoms. The van der Waals surface area contributed by atoms with Gasteiger partial charge in [0, 0.05) is 13.2 Å². The van der Waals surface area contributed by atoms with E-state index < -0.39 is 0 Å². The third-order valence-corrected chi connectivity index (χ3v) is 3.20. The number of hydrogen-bond donors (Lipinski definition) is 0. The molecule has 0 aromatic rings. The monoisotopic (exact) mass is 282 g/mol. The van der Waals surface area contributed by atoms with Crippen molar-refractivity contribution in [2.75, 3.05) is 73.7 Å². The predicted octanol–water partition coefficient (Wildman–Crippen LogP) is -1.93. The fourth-order valence-electron chi connectivity index (χ4n) is 1.52. The standard InChI is InChI=1S/C13H31N2O2.ClH/c1-6-15(5,9-8-14(3)4)10-11-17-13-12-16-7-2;/h6-13H2,1-5H3;1H/q+1;/p-1. The van der Waals surface area contributed by atoms with Gasteiger partial charge in [0.05, 0.1) is 40.0 Å². The van der Waals surface area contributed by atoms with Gasteiger partial charge in [0.15, 0.2) is 0 Å². The molecule has 0 amide bonds. The van der Waals surface area contributed by atoms with Crippen molar-refractivity contribution in [1.82, 2.24) is 4.90 Å². The van der Waals surface area contributed by atoms with E-state index in [1.54, 1.807) is 0 Å². The summed E-state index contributed by atoms with van der Waals surface area (Å²) in [5.74, 6) is 0. The minimum absolute atomic E-state index is 0. The van der Waals surface area contributed by atoms with E-state index in [0.29, 0.717) is 13.2 Å². The normalized spacial score (nSPS) is 14.3. The Labute approximate surface area is 119 Å². The number of rotatable bonds is 11. The van der Waals surface area contributed by atoms with E-state index in [9.17, 15) is 0 Å². The van der Waals surface area contributed by atoms with Gasteiger partial charge >= 0.3 is 0 Å². The molecule has 0 heterocycles. The topological polar surface area (TPSA) is 21.7 Å². The average molecular weight is 283 g/mol. The van der Waals surface area contributed by atoms with Crippen LogP contribution >= 0.6 is 0 Å². The van der Waals surface area contributed by atoms with Gasteiger partial charge in [-0.2, -0.15) is 0 Å². The summed E-state index contributed by atoms with van der Waals surface area (Å²) < 4.78 is 11.9. The maximum absolute atomic E-state index is 5.59. The number of nitrogens with zero attached hydrogens (tertiary/aromatic N) is 2. The summed E-state index contributed by atoms with van der Waals surface area (Å²) >= 11 is 0. The molecule has 0 aliphatic heterocycles. The zero-order valence-corrected chi connectivity index (χ0v) is 13.5. The van der Waals surface area contributed by atoms with E-state index >= 15 is 0 Å². The summed E-state index contributed by atoms with van der Waals surface area (Å²) in [6.07, 6.45) is 0. The highest BCUT2D eigenvalue weighted by molar-refractivity contribution is 4.44. The summed E-state index contributed by atoms with van der Waals surface area (Å²) in [4.78, 5) is 2.24. The van der Waals surface area contributed by atoms with E-state index in [1.165, 1.54) is 6.54 Å². The molecule has 0 N–H and O–H groups in total. The Morgan fingerprint density at radius 1 is 0.944 bits per heavy atom. The van der Waals surface area contributed by atoms with Gasteiger partial charge in [-0.3, -0.25) is 0 Å². The van der Waals surface area contributed by atoms with Gasteiger partial charge in [-0.25, -0.2) is 0 Å². The van der Waals surface area contributed by atoms with Crippen molar-refractivity contribution in [2.45, 2.75) is 13.8 Å². The number of hydrogen-bond acceptors (Lipinski definition) is 3. The lowest BCUT2D eigenvalue weighted by molar-refractivity contribution is -0.907. The fraction of sp³-hybridized carbons (Fsp3) is 1.00. The fourth-order valence-corrected chi connectivity index (χ4v) is 1.52. The van der Waals surface area contributed by atoms with Crippen LogP contribution in [0, 0.1) is 0 Å². The molecule has 0 fully saturated rings. The van der Waals surface area contributed by atoms with Crippen LogP contribution in [0.1, 0.15) is 13.8 Å². The maximum atomic E-state index is 5.59. The quantitative estimate of drug-likeness (QED) is 0.326. The second-order valence-electron chi connectivity index (χ2n) is 5.00. The highest BCUT2D eigenvalue weighted by Crippen LogP contribution is 2.01. The molecule has 112 valence electrons. The minimum atomic E-state index is 0. The highest BCUT2D eigenvalue weighted by Gasteiger charge is 2.18. The lowest BCUT2D eigenvalue weighted by Gasteiger charge is -2.34. The van der Waals surface area contributed by atoms with Crippen molar-refractivity contribution in [2.24, 2.45) is 0 Å². The molecular weight excluding hydrogens is 252 g/mol. The van der Waals surface area contributed by atoms with Crippen LogP contribution in [0.2, 0.25) is 0 Å². The molecule has 0 aromatic heterocycles. The van der Waals surface area contributed by atoms with Crippen molar-refractivity contribution < 1.29 is 26.4 Å². The molecule has 5 heteroatoms. The van der Waals surface area contributed by atoms with Gasteiger partial charge in [0.1, 0.15) is 6.54 Å². The van der Waals surface area contributed by atoms with Crippen LogP contribution in [0.5, 0.6) is 0 Å². The summed E-state index contributed by atoms with van der Waals surface area (Å²) in [6.45, 7) is 11.8. The van der Waals surface area contributed by atoms with E-state index in [2.05, 4.69) is 33.0 Å². The van der Waals surface area contributed by atoms with Crippen molar-refractivity contribution in [3.05, 3.63) is 0 Å². The molecule has 0 spiro atoms. The third kappa shape index (κ3) is 11.2. The largest absolute Gasteiger partial charge is 1.00 e. The Morgan fingerprint density at radius 3 is 2.06 bits per heavy atom. The number of halogens is 1. The highest BCUT2D eigenvalue weighted by atomic mass is 35.5. The second-order valence-corrected chi connectivity index (χ2v) is 5.00. The van der Waals surface area contributed by atoms with Crippen molar-refractivity contribution in [3.8, 4) is 0 Å². The first kappa shape index (κ1) is 20.4. The molecule has 0 saturated carbocycles. The summed E-state index contributed by atoms with van der Waals surface area (Å²) in [5.41, 5.74) is 0. The van der Waals surface area contributed by atoms with E-state index in [0.717, 1.165) is 37.3 Å². The van der Waals surface area contributed by atoms with E-state index in [1.807, 2.05) is 6.92 Å². The summed E-state index contributed by atoms with van der Waals surface area (Å²) in [6, 6.07) is 0. The molecular formula is C13H31ClN2O2. The van der Waals surface area contributed by atoms with Crippen LogP contribution < -0.4 is 12.4 Å². The average Bonchev–Trinajstić information content (AvgIpc) is 2.31. The van der Waals surface area contributed by atoms with Crippen LogP contribution in [-0.2, 0) is 9.47 Å². The Kier molecular flexibility index (Phi) is 13.8. The van der Waals surface area contributed by atoms with Crippen molar-refractivity contribution in [1.29, 1.82) is 0 Å². The summed E-state index contributed by atoms with van der Waals surface area (Å²) in [5, 5.41) is 0. The van der Waals surface area contributed by atoms with Gasteiger partial charge in [0.2, 0.25) is 0 Å². The van der Waals surface area contributed by atoms with Crippen molar-refractivity contribution >= 4 is 0 Å². The number of quaternary nitrogens is 1. The first-order valence-corrected chi connectivity index (χ1v) is 6.68. The van der Waals surface area contributed by atoms with Gasteiger partial charge < -0.3 is 31.3 Å². The molecule has 0 bridgehead atoms. The van der Waals surface area contributed by atoms with Crippen molar-refractivity contribution in [3.63, 3.8) is 0 Å². The number of likely N-dealkylation sites (N-methyl/N-ethyl adjacent to an activating group) is 2. The summed E-state index contributed by atoms with van der Waals surface area (Å²) in [7, 11) is 6.55.